The summed E-state index contributed by atoms with van der Waals surface area (Å²) in [6.45, 7) is 10.7. The van der Waals surface area contributed by atoms with E-state index < -0.39 is 0 Å². The lowest BCUT2D eigenvalue weighted by atomic mass is 9.91. The first-order valence-corrected chi connectivity index (χ1v) is 8.64. The number of benzene rings is 1. The molecule has 3 heteroatoms. The van der Waals surface area contributed by atoms with Gasteiger partial charge in [-0.25, -0.2) is 0 Å². The Morgan fingerprint density at radius 1 is 1.18 bits per heavy atom. The van der Waals surface area contributed by atoms with E-state index >= 15 is 0 Å². The molecule has 1 fully saturated rings. The van der Waals surface area contributed by atoms with Crippen LogP contribution in [0.2, 0.25) is 0 Å². The van der Waals surface area contributed by atoms with Crippen LogP contribution >= 0.6 is 0 Å². The Hall–Kier alpha value is -1.35. The van der Waals surface area contributed by atoms with Gasteiger partial charge in [-0.2, -0.15) is 0 Å². The molecule has 122 valence electrons. The number of carbonyl (C=O) groups excluding carboxylic acids is 1. The van der Waals surface area contributed by atoms with Crippen molar-refractivity contribution in [2.45, 2.75) is 53.1 Å². The molecule has 0 aromatic heterocycles. The van der Waals surface area contributed by atoms with Crippen molar-refractivity contribution in [3.63, 3.8) is 0 Å². The number of carbonyl (C=O) groups is 1. The highest BCUT2D eigenvalue weighted by Crippen LogP contribution is 2.23. The Morgan fingerprint density at radius 2 is 1.82 bits per heavy atom. The summed E-state index contributed by atoms with van der Waals surface area (Å²) < 4.78 is 0. The maximum Gasteiger partial charge on any atom is 0.220 e. The number of hydrogen-bond donors (Lipinski definition) is 1. The summed E-state index contributed by atoms with van der Waals surface area (Å²) >= 11 is 0. The molecule has 1 aromatic rings. The summed E-state index contributed by atoms with van der Waals surface area (Å²) in [5.41, 5.74) is 2.60. The van der Waals surface area contributed by atoms with Gasteiger partial charge in [0, 0.05) is 32.6 Å². The molecule has 1 aliphatic heterocycles. The van der Waals surface area contributed by atoms with Crippen LogP contribution in [0.1, 0.15) is 51.2 Å². The zero-order valence-electron chi connectivity index (χ0n) is 14.3. The van der Waals surface area contributed by atoms with E-state index in [9.17, 15) is 4.79 Å². The van der Waals surface area contributed by atoms with Crippen LogP contribution in [0, 0.1) is 11.8 Å². The van der Waals surface area contributed by atoms with Gasteiger partial charge in [-0.3, -0.25) is 9.69 Å². The first-order chi connectivity index (χ1) is 10.6. The quantitative estimate of drug-likeness (QED) is 0.871. The second-order valence-electron chi connectivity index (χ2n) is 6.94. The third-order valence-electron chi connectivity index (χ3n) is 4.41. The van der Waals surface area contributed by atoms with Crippen molar-refractivity contribution in [2.24, 2.45) is 11.8 Å². The SMILES string of the molecule is CCCC(=O)NCc1ccccc1CN1C[C@H](C)C[C@H](C)C1. The van der Waals surface area contributed by atoms with Crippen LogP contribution in [-0.4, -0.2) is 23.9 Å². The van der Waals surface area contributed by atoms with E-state index in [1.165, 1.54) is 30.6 Å². The monoisotopic (exact) mass is 302 g/mol. The second-order valence-corrected chi connectivity index (χ2v) is 6.94. The van der Waals surface area contributed by atoms with Crippen LogP contribution in [0.15, 0.2) is 24.3 Å². The molecule has 3 nitrogen and oxygen atoms in total. The highest BCUT2D eigenvalue weighted by Gasteiger charge is 2.22. The maximum absolute atomic E-state index is 11.7. The van der Waals surface area contributed by atoms with Gasteiger partial charge in [0.2, 0.25) is 5.91 Å². The third-order valence-corrected chi connectivity index (χ3v) is 4.41. The molecule has 0 aliphatic carbocycles. The van der Waals surface area contributed by atoms with Crippen molar-refractivity contribution in [3.05, 3.63) is 35.4 Å². The molecule has 0 saturated carbocycles. The van der Waals surface area contributed by atoms with Gasteiger partial charge in [-0.15, -0.1) is 0 Å². The Morgan fingerprint density at radius 3 is 2.45 bits per heavy atom. The number of nitrogens with zero attached hydrogens (tertiary/aromatic N) is 1. The summed E-state index contributed by atoms with van der Waals surface area (Å²) in [6.07, 6.45) is 2.85. The summed E-state index contributed by atoms with van der Waals surface area (Å²) in [5, 5.41) is 3.04. The lowest BCUT2D eigenvalue weighted by Crippen LogP contribution is -2.38. The topological polar surface area (TPSA) is 32.3 Å². The standard InChI is InChI=1S/C19H30N2O/c1-4-7-19(22)20-11-17-8-5-6-9-18(17)14-21-12-15(2)10-16(3)13-21/h5-6,8-9,15-16H,4,7,10-14H2,1-3H3,(H,20,22)/t15-,16+. The van der Waals surface area contributed by atoms with Gasteiger partial charge in [0.15, 0.2) is 0 Å². The molecule has 2 atom stereocenters. The molecule has 1 amide bonds. The molecule has 22 heavy (non-hydrogen) atoms. The van der Waals surface area contributed by atoms with Crippen LogP contribution in [0.5, 0.6) is 0 Å². The molecule has 1 heterocycles. The zero-order chi connectivity index (χ0) is 15.9. The molecule has 1 N–H and O–H groups in total. The number of hydrogen-bond acceptors (Lipinski definition) is 2. The largest absolute Gasteiger partial charge is 0.352 e. The van der Waals surface area contributed by atoms with Crippen molar-refractivity contribution in [1.29, 1.82) is 0 Å². The smallest absolute Gasteiger partial charge is 0.220 e. The van der Waals surface area contributed by atoms with E-state index in [1.807, 2.05) is 6.92 Å². The molecule has 0 unspecified atom stereocenters. The van der Waals surface area contributed by atoms with Gasteiger partial charge in [0.25, 0.3) is 0 Å². The molecule has 2 rings (SSSR count). The molecule has 0 spiro atoms. The van der Waals surface area contributed by atoms with E-state index in [0.29, 0.717) is 13.0 Å². The van der Waals surface area contributed by atoms with Crippen LogP contribution in [0.3, 0.4) is 0 Å². The van der Waals surface area contributed by atoms with Crippen LogP contribution < -0.4 is 5.32 Å². The first-order valence-electron chi connectivity index (χ1n) is 8.64. The molecule has 1 saturated heterocycles. The minimum Gasteiger partial charge on any atom is -0.352 e. The summed E-state index contributed by atoms with van der Waals surface area (Å²) in [4.78, 5) is 14.2. The fourth-order valence-corrected chi connectivity index (χ4v) is 3.56. The van der Waals surface area contributed by atoms with Crippen LogP contribution in [-0.2, 0) is 17.9 Å². The van der Waals surface area contributed by atoms with Gasteiger partial charge in [-0.1, -0.05) is 45.0 Å². The number of piperidine rings is 1. The van der Waals surface area contributed by atoms with Crippen molar-refractivity contribution in [2.75, 3.05) is 13.1 Å². The normalized spacial score (nSPS) is 22.5. The predicted molar refractivity (Wildman–Crippen MR) is 91.4 cm³/mol. The molecular weight excluding hydrogens is 272 g/mol. The fourth-order valence-electron chi connectivity index (χ4n) is 3.56. The van der Waals surface area contributed by atoms with E-state index in [-0.39, 0.29) is 5.91 Å². The summed E-state index contributed by atoms with van der Waals surface area (Å²) in [6, 6.07) is 8.50. The molecular formula is C19H30N2O. The second kappa shape index (κ2) is 8.33. The summed E-state index contributed by atoms with van der Waals surface area (Å²) in [5.74, 6) is 1.71. The molecule has 0 bridgehead atoms. The van der Waals surface area contributed by atoms with Gasteiger partial charge < -0.3 is 5.32 Å². The molecule has 1 aromatic carbocycles. The predicted octanol–water partition coefficient (Wildman–Crippen LogP) is 3.58. The number of amides is 1. The van der Waals surface area contributed by atoms with E-state index in [2.05, 4.69) is 48.3 Å². The lowest BCUT2D eigenvalue weighted by Gasteiger charge is -2.35. The fraction of sp³-hybridized carbons (Fsp3) is 0.632. The lowest BCUT2D eigenvalue weighted by molar-refractivity contribution is -0.121. The Labute approximate surface area is 135 Å². The Balaban J connectivity index is 1.97. The average molecular weight is 302 g/mol. The summed E-state index contributed by atoms with van der Waals surface area (Å²) in [7, 11) is 0. The number of nitrogens with one attached hydrogen (secondary N) is 1. The van der Waals surface area contributed by atoms with E-state index in [0.717, 1.165) is 24.8 Å². The number of rotatable bonds is 6. The van der Waals surface area contributed by atoms with Gasteiger partial charge in [-0.05, 0) is 35.8 Å². The van der Waals surface area contributed by atoms with E-state index in [4.69, 9.17) is 0 Å². The minimum atomic E-state index is 0.150. The number of likely N-dealkylation sites (tertiary alicyclic amines) is 1. The average Bonchev–Trinajstić information content (AvgIpc) is 2.45. The van der Waals surface area contributed by atoms with Crippen LogP contribution in [0.4, 0.5) is 0 Å². The van der Waals surface area contributed by atoms with Crippen molar-refractivity contribution >= 4 is 5.91 Å². The highest BCUT2D eigenvalue weighted by atomic mass is 16.1. The van der Waals surface area contributed by atoms with Crippen molar-refractivity contribution in [1.82, 2.24) is 10.2 Å². The van der Waals surface area contributed by atoms with E-state index in [1.54, 1.807) is 0 Å². The van der Waals surface area contributed by atoms with Gasteiger partial charge >= 0.3 is 0 Å². The molecule has 1 aliphatic rings. The maximum atomic E-state index is 11.7. The molecule has 0 radical (unpaired) electrons. The van der Waals surface area contributed by atoms with Crippen molar-refractivity contribution in [3.8, 4) is 0 Å². The third kappa shape index (κ3) is 5.13. The van der Waals surface area contributed by atoms with Gasteiger partial charge in [0.1, 0.15) is 0 Å². The Kier molecular flexibility index (Phi) is 6.44. The first kappa shape index (κ1) is 17.0. The Bertz CT molecular complexity index is 476. The van der Waals surface area contributed by atoms with Crippen LogP contribution in [0.25, 0.3) is 0 Å². The van der Waals surface area contributed by atoms with Gasteiger partial charge in [0.05, 0.1) is 0 Å². The van der Waals surface area contributed by atoms with Crippen molar-refractivity contribution < 1.29 is 4.79 Å². The minimum absolute atomic E-state index is 0.150. The zero-order valence-corrected chi connectivity index (χ0v) is 14.3. The highest BCUT2D eigenvalue weighted by molar-refractivity contribution is 5.75.